The normalized spacial score (nSPS) is 18.5. The van der Waals surface area contributed by atoms with Crippen LogP contribution in [0.2, 0.25) is 0 Å². The van der Waals surface area contributed by atoms with Gasteiger partial charge < -0.3 is 19.8 Å². The second-order valence-corrected chi connectivity index (χ2v) is 5.31. The summed E-state index contributed by atoms with van der Waals surface area (Å²) in [6.07, 6.45) is -1.60. The van der Waals surface area contributed by atoms with Crippen molar-refractivity contribution in [2.24, 2.45) is 5.92 Å². The third-order valence-electron chi connectivity index (χ3n) is 2.49. The smallest absolute Gasteiger partial charge is 0.410 e. The Kier molecular flexibility index (Phi) is 3.98. The van der Waals surface area contributed by atoms with Gasteiger partial charge in [0.25, 0.3) is 0 Å². The van der Waals surface area contributed by atoms with Crippen molar-refractivity contribution < 1.29 is 24.5 Å². The lowest BCUT2D eigenvalue weighted by molar-refractivity contribution is -0.141. The predicted molar refractivity (Wildman–Crippen MR) is 59.6 cm³/mol. The minimum Gasteiger partial charge on any atom is -0.481 e. The highest BCUT2D eigenvalue weighted by atomic mass is 16.6. The van der Waals surface area contributed by atoms with Gasteiger partial charge in [0.05, 0.1) is 12.5 Å². The molecule has 2 N–H and O–H groups in total. The number of nitrogens with zero attached hydrogens (tertiary/aromatic N) is 1. The fraction of sp³-hybridized carbons (Fsp3) is 0.818. The zero-order chi connectivity index (χ0) is 13.2. The first-order valence-corrected chi connectivity index (χ1v) is 5.57. The fourth-order valence-corrected chi connectivity index (χ4v) is 1.58. The number of aliphatic hydroxyl groups excluding tert-OH is 1. The lowest BCUT2D eigenvalue weighted by atomic mass is 9.92. The van der Waals surface area contributed by atoms with Gasteiger partial charge in [-0.15, -0.1) is 0 Å². The van der Waals surface area contributed by atoms with Crippen LogP contribution in [-0.4, -0.2) is 52.0 Å². The quantitative estimate of drug-likeness (QED) is 0.763. The summed E-state index contributed by atoms with van der Waals surface area (Å²) in [4.78, 5) is 23.4. The van der Waals surface area contributed by atoms with Gasteiger partial charge in [0.1, 0.15) is 5.60 Å². The molecule has 1 amide bonds. The summed E-state index contributed by atoms with van der Waals surface area (Å²) in [6, 6.07) is 0. The van der Waals surface area contributed by atoms with Gasteiger partial charge in [-0.05, 0) is 20.8 Å². The van der Waals surface area contributed by atoms with Gasteiger partial charge in [0.15, 0.2) is 0 Å². The molecule has 0 saturated carbocycles. The second-order valence-electron chi connectivity index (χ2n) is 5.31. The van der Waals surface area contributed by atoms with Crippen molar-refractivity contribution in [1.82, 2.24) is 4.90 Å². The molecule has 0 aromatic heterocycles. The Morgan fingerprint density at radius 1 is 1.41 bits per heavy atom. The molecule has 1 fully saturated rings. The van der Waals surface area contributed by atoms with E-state index in [1.165, 1.54) is 4.90 Å². The first-order valence-electron chi connectivity index (χ1n) is 5.57. The summed E-state index contributed by atoms with van der Waals surface area (Å²) in [5.41, 5.74) is -0.540. The Bertz CT molecular complexity index is 303. The molecule has 1 aliphatic heterocycles. The highest BCUT2D eigenvalue weighted by molar-refractivity contribution is 5.69. The molecule has 6 nitrogen and oxygen atoms in total. The summed E-state index contributed by atoms with van der Waals surface area (Å²) in [6.45, 7) is 6.04. The average molecular weight is 245 g/mol. The Hall–Kier alpha value is -1.30. The maximum absolute atomic E-state index is 11.5. The van der Waals surface area contributed by atoms with E-state index in [2.05, 4.69) is 0 Å². The molecule has 1 saturated heterocycles. The predicted octanol–water partition coefficient (Wildman–Crippen LogP) is 0.689. The Morgan fingerprint density at radius 3 is 2.35 bits per heavy atom. The van der Waals surface area contributed by atoms with Gasteiger partial charge in [-0.1, -0.05) is 0 Å². The topological polar surface area (TPSA) is 87.1 Å². The average Bonchev–Trinajstić information content (AvgIpc) is 1.94. The van der Waals surface area contributed by atoms with E-state index in [1.54, 1.807) is 20.8 Å². The van der Waals surface area contributed by atoms with E-state index < -0.39 is 23.8 Å². The van der Waals surface area contributed by atoms with Crippen molar-refractivity contribution in [3.8, 4) is 0 Å². The van der Waals surface area contributed by atoms with Crippen molar-refractivity contribution in [1.29, 1.82) is 0 Å². The molecule has 1 aliphatic rings. The van der Waals surface area contributed by atoms with Crippen molar-refractivity contribution in [2.75, 3.05) is 13.1 Å². The molecule has 0 unspecified atom stereocenters. The number of rotatable bonds is 3. The number of carboxylic acid groups (broad SMARTS) is 1. The van der Waals surface area contributed by atoms with Crippen LogP contribution in [0.5, 0.6) is 0 Å². The number of hydrogen-bond acceptors (Lipinski definition) is 4. The van der Waals surface area contributed by atoms with Gasteiger partial charge in [0.2, 0.25) is 0 Å². The van der Waals surface area contributed by atoms with Gasteiger partial charge in [0, 0.05) is 19.0 Å². The zero-order valence-corrected chi connectivity index (χ0v) is 10.3. The molecule has 0 radical (unpaired) electrons. The fourth-order valence-electron chi connectivity index (χ4n) is 1.58. The van der Waals surface area contributed by atoms with Gasteiger partial charge >= 0.3 is 12.1 Å². The van der Waals surface area contributed by atoms with E-state index >= 15 is 0 Å². The van der Waals surface area contributed by atoms with Crippen LogP contribution in [-0.2, 0) is 9.53 Å². The second kappa shape index (κ2) is 4.91. The molecule has 17 heavy (non-hydrogen) atoms. The third-order valence-corrected chi connectivity index (χ3v) is 2.49. The number of hydrogen-bond donors (Lipinski definition) is 2. The number of ether oxygens (including phenoxy) is 1. The zero-order valence-electron chi connectivity index (χ0n) is 10.3. The molecule has 0 spiro atoms. The number of likely N-dealkylation sites (tertiary alicyclic amines) is 1. The largest absolute Gasteiger partial charge is 0.481 e. The van der Waals surface area contributed by atoms with Crippen molar-refractivity contribution in [3.05, 3.63) is 0 Å². The van der Waals surface area contributed by atoms with Crippen LogP contribution in [0, 0.1) is 5.92 Å². The maximum Gasteiger partial charge on any atom is 0.410 e. The molecule has 0 aromatic carbocycles. The summed E-state index contributed by atoms with van der Waals surface area (Å²) in [5, 5.41) is 18.0. The number of carbonyl (C=O) groups is 2. The third kappa shape index (κ3) is 4.22. The van der Waals surface area contributed by atoms with Gasteiger partial charge in [-0.2, -0.15) is 0 Å². The molecule has 0 bridgehead atoms. The SMILES string of the molecule is CC(C)(C)OC(=O)N1CC([C@H](O)CC(=O)O)C1. The summed E-state index contributed by atoms with van der Waals surface area (Å²) in [7, 11) is 0. The Balaban J connectivity index is 2.31. The number of carbonyl (C=O) groups excluding carboxylic acids is 1. The minimum absolute atomic E-state index is 0.168. The van der Waals surface area contributed by atoms with E-state index in [9.17, 15) is 14.7 Å². The highest BCUT2D eigenvalue weighted by Gasteiger charge is 2.38. The van der Waals surface area contributed by atoms with Crippen LogP contribution in [0.25, 0.3) is 0 Å². The first-order chi connectivity index (χ1) is 7.69. The van der Waals surface area contributed by atoms with E-state index in [4.69, 9.17) is 9.84 Å². The molecule has 6 heteroatoms. The minimum atomic E-state index is -1.03. The number of aliphatic carboxylic acids is 1. The Labute approximate surface area is 100 Å². The van der Waals surface area contributed by atoms with Gasteiger partial charge in [-0.25, -0.2) is 4.79 Å². The monoisotopic (exact) mass is 245 g/mol. The standard InChI is InChI=1S/C11H19NO5/c1-11(2,3)17-10(16)12-5-7(6-12)8(13)4-9(14)15/h7-8,13H,4-6H2,1-3H3,(H,14,15)/t8-/m1/s1. The molecule has 1 heterocycles. The van der Waals surface area contributed by atoms with Crippen LogP contribution < -0.4 is 0 Å². The van der Waals surface area contributed by atoms with E-state index in [0.29, 0.717) is 13.1 Å². The van der Waals surface area contributed by atoms with Gasteiger partial charge in [-0.3, -0.25) is 4.79 Å². The molecule has 0 aromatic rings. The Morgan fingerprint density at radius 2 is 1.94 bits per heavy atom. The molecular formula is C11H19NO5. The lowest BCUT2D eigenvalue weighted by Gasteiger charge is -2.41. The molecular weight excluding hydrogens is 226 g/mol. The number of aliphatic hydroxyl groups is 1. The summed E-state index contributed by atoms with van der Waals surface area (Å²) >= 11 is 0. The lowest BCUT2D eigenvalue weighted by Crippen LogP contribution is -2.55. The molecule has 0 aliphatic carbocycles. The summed E-state index contributed by atoms with van der Waals surface area (Å²) < 4.78 is 5.14. The number of carboxylic acids is 1. The van der Waals surface area contributed by atoms with Crippen LogP contribution in [0.1, 0.15) is 27.2 Å². The maximum atomic E-state index is 11.5. The van der Waals surface area contributed by atoms with Crippen LogP contribution in [0.3, 0.4) is 0 Å². The van der Waals surface area contributed by atoms with Crippen LogP contribution >= 0.6 is 0 Å². The highest BCUT2D eigenvalue weighted by Crippen LogP contribution is 2.23. The molecule has 98 valence electrons. The number of amides is 1. The van der Waals surface area contributed by atoms with E-state index in [1.807, 2.05) is 0 Å². The van der Waals surface area contributed by atoms with E-state index in [-0.39, 0.29) is 12.3 Å². The van der Waals surface area contributed by atoms with E-state index in [0.717, 1.165) is 0 Å². The van der Waals surface area contributed by atoms with Crippen molar-refractivity contribution in [2.45, 2.75) is 38.9 Å². The molecule has 1 rings (SSSR count). The first kappa shape index (κ1) is 13.8. The summed E-state index contributed by atoms with van der Waals surface area (Å²) in [5.74, 6) is -1.20. The van der Waals surface area contributed by atoms with Crippen molar-refractivity contribution in [3.63, 3.8) is 0 Å². The van der Waals surface area contributed by atoms with Crippen LogP contribution in [0.15, 0.2) is 0 Å². The van der Waals surface area contributed by atoms with Crippen LogP contribution in [0.4, 0.5) is 4.79 Å². The van der Waals surface area contributed by atoms with Crippen molar-refractivity contribution >= 4 is 12.1 Å². The molecule has 1 atom stereocenters.